The molecule has 1 aromatic rings. The van der Waals surface area contributed by atoms with Gasteiger partial charge in [-0.05, 0) is 25.3 Å². The molecule has 1 aromatic carbocycles. The Hall–Kier alpha value is -1.57. The molecule has 0 saturated heterocycles. The van der Waals surface area contributed by atoms with Gasteiger partial charge in [0, 0.05) is 0 Å². The first kappa shape index (κ1) is 10.9. The molecule has 1 aliphatic carbocycles. The van der Waals surface area contributed by atoms with Crippen LogP contribution in [-0.2, 0) is 9.53 Å². The summed E-state index contributed by atoms with van der Waals surface area (Å²) < 4.78 is 4.98. The Bertz CT molecular complexity index is 384. The second-order valence-electron chi connectivity index (χ2n) is 4.07. The van der Waals surface area contributed by atoms with Crippen LogP contribution in [0.2, 0.25) is 0 Å². The molecule has 1 fully saturated rings. The van der Waals surface area contributed by atoms with Crippen molar-refractivity contribution in [3.8, 4) is 0 Å². The summed E-state index contributed by atoms with van der Waals surface area (Å²) in [5.41, 5.74) is 2.55. The lowest BCUT2D eigenvalue weighted by Gasteiger charge is -2.27. The predicted octanol–water partition coefficient (Wildman–Crippen LogP) is 3.04. The summed E-state index contributed by atoms with van der Waals surface area (Å²) in [6, 6.07) is 10.2. The van der Waals surface area contributed by atoms with Gasteiger partial charge in [-0.1, -0.05) is 42.0 Å². The molecule has 2 nitrogen and oxygen atoms in total. The lowest BCUT2D eigenvalue weighted by molar-refractivity contribution is -0.149. The van der Waals surface area contributed by atoms with E-state index in [-0.39, 0.29) is 11.9 Å². The fourth-order valence-corrected chi connectivity index (χ4v) is 1.90. The van der Waals surface area contributed by atoms with E-state index < -0.39 is 0 Å². The largest absolute Gasteiger partial charge is 0.466 e. The van der Waals surface area contributed by atoms with Crippen LogP contribution in [0.4, 0.5) is 0 Å². The molecule has 0 bridgehead atoms. The summed E-state index contributed by atoms with van der Waals surface area (Å²) in [6.45, 7) is 2.32. The van der Waals surface area contributed by atoms with Crippen molar-refractivity contribution < 1.29 is 9.53 Å². The summed E-state index contributed by atoms with van der Waals surface area (Å²) in [5.74, 6) is 0.0441. The molecule has 0 unspecified atom stereocenters. The topological polar surface area (TPSA) is 26.3 Å². The van der Waals surface area contributed by atoms with Crippen LogP contribution in [0, 0.1) is 5.92 Å². The third kappa shape index (κ3) is 2.51. The molecule has 0 N–H and O–H groups in total. The van der Waals surface area contributed by atoms with Crippen molar-refractivity contribution in [2.45, 2.75) is 19.8 Å². The number of carbonyl (C=O) groups excluding carboxylic acids is 1. The second kappa shape index (κ2) is 4.97. The van der Waals surface area contributed by atoms with Gasteiger partial charge in [-0.3, -0.25) is 4.79 Å². The van der Waals surface area contributed by atoms with Gasteiger partial charge < -0.3 is 4.74 Å². The van der Waals surface area contributed by atoms with Crippen LogP contribution in [0.15, 0.2) is 35.9 Å². The van der Waals surface area contributed by atoms with Gasteiger partial charge >= 0.3 is 5.97 Å². The predicted molar refractivity (Wildman–Crippen MR) is 63.8 cm³/mol. The first-order valence-electron chi connectivity index (χ1n) is 5.70. The zero-order valence-corrected chi connectivity index (χ0v) is 9.48. The summed E-state index contributed by atoms with van der Waals surface area (Å²) in [5, 5.41) is 0. The first-order chi connectivity index (χ1) is 7.79. The lowest BCUT2D eigenvalue weighted by atomic mass is 9.79. The van der Waals surface area contributed by atoms with Crippen molar-refractivity contribution >= 4 is 12.0 Å². The average Bonchev–Trinajstić information content (AvgIpc) is 2.24. The zero-order valence-electron chi connectivity index (χ0n) is 9.48. The fourth-order valence-electron chi connectivity index (χ4n) is 1.90. The molecule has 2 rings (SSSR count). The minimum absolute atomic E-state index is 0.0484. The van der Waals surface area contributed by atoms with Gasteiger partial charge in [0.05, 0.1) is 12.5 Å². The van der Waals surface area contributed by atoms with Gasteiger partial charge in [0.2, 0.25) is 0 Å². The SMILES string of the molecule is CCOC(=O)C1CC(=Cc2ccccc2)C1. The maximum atomic E-state index is 11.4. The van der Waals surface area contributed by atoms with Gasteiger partial charge in [-0.25, -0.2) is 0 Å². The molecule has 84 valence electrons. The van der Waals surface area contributed by atoms with Gasteiger partial charge in [-0.2, -0.15) is 0 Å². The standard InChI is InChI=1S/C14H16O2/c1-2-16-14(15)13-9-12(10-13)8-11-6-4-3-5-7-11/h3-8,13H,2,9-10H2,1H3. The number of carbonyl (C=O) groups is 1. The van der Waals surface area contributed by atoms with E-state index >= 15 is 0 Å². The molecular formula is C14H16O2. The Kier molecular flexibility index (Phi) is 3.40. The van der Waals surface area contributed by atoms with Crippen LogP contribution in [0.3, 0.4) is 0 Å². The van der Waals surface area contributed by atoms with E-state index in [4.69, 9.17) is 4.74 Å². The molecule has 0 aromatic heterocycles. The minimum Gasteiger partial charge on any atom is -0.466 e. The van der Waals surface area contributed by atoms with Gasteiger partial charge in [-0.15, -0.1) is 0 Å². The van der Waals surface area contributed by atoms with Gasteiger partial charge in [0.15, 0.2) is 0 Å². The van der Waals surface area contributed by atoms with E-state index in [0.29, 0.717) is 6.61 Å². The number of esters is 1. The molecule has 0 atom stereocenters. The second-order valence-corrected chi connectivity index (χ2v) is 4.07. The van der Waals surface area contributed by atoms with E-state index in [1.165, 1.54) is 11.1 Å². The van der Waals surface area contributed by atoms with E-state index in [1.807, 2.05) is 25.1 Å². The zero-order chi connectivity index (χ0) is 11.4. The van der Waals surface area contributed by atoms with Crippen LogP contribution in [0.1, 0.15) is 25.3 Å². The summed E-state index contributed by atoms with van der Waals surface area (Å²) in [7, 11) is 0. The molecule has 1 saturated carbocycles. The molecule has 0 heterocycles. The van der Waals surface area contributed by atoms with E-state index in [9.17, 15) is 4.79 Å². The van der Waals surface area contributed by atoms with Crippen LogP contribution >= 0.6 is 0 Å². The molecule has 0 aliphatic heterocycles. The number of hydrogen-bond donors (Lipinski definition) is 0. The normalized spacial score (nSPS) is 18.8. The monoisotopic (exact) mass is 216 g/mol. The molecule has 1 aliphatic rings. The van der Waals surface area contributed by atoms with E-state index in [0.717, 1.165) is 12.8 Å². The van der Waals surface area contributed by atoms with Crippen molar-refractivity contribution in [3.63, 3.8) is 0 Å². The molecule has 16 heavy (non-hydrogen) atoms. The highest BCUT2D eigenvalue weighted by atomic mass is 16.5. The number of allylic oxidation sites excluding steroid dienone is 1. The molecule has 0 radical (unpaired) electrons. The van der Waals surface area contributed by atoms with Gasteiger partial charge in [0.25, 0.3) is 0 Å². The fraction of sp³-hybridized carbons (Fsp3) is 0.357. The Morgan fingerprint density at radius 2 is 2.06 bits per heavy atom. The number of benzene rings is 1. The summed E-state index contributed by atoms with van der Waals surface area (Å²) in [6.07, 6.45) is 3.87. The van der Waals surface area contributed by atoms with E-state index in [1.54, 1.807) is 0 Å². The van der Waals surface area contributed by atoms with Crippen molar-refractivity contribution in [1.82, 2.24) is 0 Å². The van der Waals surface area contributed by atoms with Gasteiger partial charge in [0.1, 0.15) is 0 Å². The molecule has 0 spiro atoms. The quantitative estimate of drug-likeness (QED) is 0.726. The molecular weight excluding hydrogens is 200 g/mol. The van der Waals surface area contributed by atoms with Crippen molar-refractivity contribution in [1.29, 1.82) is 0 Å². The summed E-state index contributed by atoms with van der Waals surface area (Å²) in [4.78, 5) is 11.4. The van der Waals surface area contributed by atoms with Crippen molar-refractivity contribution in [3.05, 3.63) is 41.5 Å². The van der Waals surface area contributed by atoms with Crippen molar-refractivity contribution in [2.75, 3.05) is 6.61 Å². The average molecular weight is 216 g/mol. The number of ether oxygens (including phenoxy) is 1. The Balaban J connectivity index is 1.89. The molecule has 0 amide bonds. The van der Waals surface area contributed by atoms with Crippen LogP contribution in [-0.4, -0.2) is 12.6 Å². The third-order valence-corrected chi connectivity index (χ3v) is 2.81. The van der Waals surface area contributed by atoms with Crippen LogP contribution in [0.5, 0.6) is 0 Å². The maximum Gasteiger partial charge on any atom is 0.309 e. The number of rotatable bonds is 3. The Morgan fingerprint density at radius 3 is 2.69 bits per heavy atom. The highest BCUT2D eigenvalue weighted by molar-refractivity contribution is 5.76. The molecule has 2 heteroatoms. The Labute approximate surface area is 95.9 Å². The number of hydrogen-bond acceptors (Lipinski definition) is 2. The highest BCUT2D eigenvalue weighted by Gasteiger charge is 2.30. The smallest absolute Gasteiger partial charge is 0.309 e. The van der Waals surface area contributed by atoms with Crippen molar-refractivity contribution in [2.24, 2.45) is 5.92 Å². The third-order valence-electron chi connectivity index (χ3n) is 2.81. The first-order valence-corrected chi connectivity index (χ1v) is 5.70. The maximum absolute atomic E-state index is 11.4. The van der Waals surface area contributed by atoms with Crippen LogP contribution in [0.25, 0.3) is 6.08 Å². The summed E-state index contributed by atoms with van der Waals surface area (Å²) >= 11 is 0. The Morgan fingerprint density at radius 1 is 1.38 bits per heavy atom. The minimum atomic E-state index is -0.0484. The van der Waals surface area contributed by atoms with Crippen LogP contribution < -0.4 is 0 Å². The van der Waals surface area contributed by atoms with E-state index in [2.05, 4.69) is 18.2 Å². The lowest BCUT2D eigenvalue weighted by Crippen LogP contribution is -2.26. The highest BCUT2D eigenvalue weighted by Crippen LogP contribution is 2.35.